The number of amidine groups is 1. The van der Waals surface area contributed by atoms with Crippen LogP contribution in [0.15, 0.2) is 65.6 Å². The molecule has 0 saturated carbocycles. The first kappa shape index (κ1) is 25.2. The minimum atomic E-state index is 0.623. The fourth-order valence-electron chi connectivity index (χ4n) is 4.58. The van der Waals surface area contributed by atoms with Crippen molar-refractivity contribution in [3.05, 3.63) is 60.6 Å². The third-order valence-corrected chi connectivity index (χ3v) is 6.51. The van der Waals surface area contributed by atoms with E-state index in [-0.39, 0.29) is 0 Å². The van der Waals surface area contributed by atoms with Crippen LogP contribution in [0.5, 0.6) is 0 Å². The zero-order chi connectivity index (χ0) is 22.5. The van der Waals surface area contributed by atoms with Crippen molar-refractivity contribution in [2.24, 2.45) is 16.8 Å². The maximum Gasteiger partial charge on any atom is 0.128 e. The summed E-state index contributed by atoms with van der Waals surface area (Å²) in [4.78, 5) is 9.78. The van der Waals surface area contributed by atoms with Gasteiger partial charge in [-0.05, 0) is 88.6 Å². The van der Waals surface area contributed by atoms with Gasteiger partial charge in [-0.2, -0.15) is 0 Å². The SMILES string of the molecule is C=C/C=C\C(OC)=C(/C)C1CCN(CC2CCN(C(/C=C/CC)=N\C=C/C)CC2)CC1. The second kappa shape index (κ2) is 14.1. The molecule has 0 aromatic carbocycles. The van der Waals surface area contributed by atoms with Crippen molar-refractivity contribution in [1.29, 1.82) is 0 Å². The molecule has 0 atom stereocenters. The van der Waals surface area contributed by atoms with E-state index in [4.69, 9.17) is 4.74 Å². The molecule has 0 amide bonds. The predicted octanol–water partition coefficient (Wildman–Crippen LogP) is 5.97. The highest BCUT2D eigenvalue weighted by Gasteiger charge is 2.26. The van der Waals surface area contributed by atoms with Crippen LogP contribution in [0.25, 0.3) is 0 Å². The van der Waals surface area contributed by atoms with Crippen LogP contribution in [0.4, 0.5) is 0 Å². The average Bonchev–Trinajstić information content (AvgIpc) is 2.81. The molecule has 0 aromatic rings. The third kappa shape index (κ3) is 8.17. The van der Waals surface area contributed by atoms with Crippen molar-refractivity contribution < 1.29 is 4.74 Å². The summed E-state index contributed by atoms with van der Waals surface area (Å²) in [6.07, 6.45) is 20.1. The monoisotopic (exact) mass is 425 g/mol. The van der Waals surface area contributed by atoms with Gasteiger partial charge in [0.2, 0.25) is 0 Å². The molecule has 2 fully saturated rings. The number of aliphatic imine (C=N–C) groups is 1. The van der Waals surface area contributed by atoms with Crippen molar-refractivity contribution in [3.8, 4) is 0 Å². The molecule has 2 aliphatic rings. The van der Waals surface area contributed by atoms with Crippen LogP contribution in [-0.2, 0) is 4.74 Å². The van der Waals surface area contributed by atoms with Gasteiger partial charge in [0.1, 0.15) is 11.6 Å². The van der Waals surface area contributed by atoms with Gasteiger partial charge in [0.15, 0.2) is 0 Å². The van der Waals surface area contributed by atoms with Crippen LogP contribution in [0.2, 0.25) is 0 Å². The molecule has 0 spiro atoms. The number of hydrogen-bond acceptors (Lipinski definition) is 3. The Hall–Kier alpha value is -2.07. The minimum absolute atomic E-state index is 0.623. The van der Waals surface area contributed by atoms with E-state index in [0.717, 1.165) is 37.0 Å². The topological polar surface area (TPSA) is 28.1 Å². The number of piperidine rings is 2. The van der Waals surface area contributed by atoms with Crippen LogP contribution in [0.1, 0.15) is 52.9 Å². The summed E-state index contributed by atoms with van der Waals surface area (Å²) in [7, 11) is 1.76. The molecule has 2 rings (SSSR count). The minimum Gasteiger partial charge on any atom is -0.497 e. The number of nitrogens with zero attached hydrogens (tertiary/aromatic N) is 3. The smallest absolute Gasteiger partial charge is 0.128 e. The predicted molar refractivity (Wildman–Crippen MR) is 134 cm³/mol. The van der Waals surface area contributed by atoms with Crippen molar-refractivity contribution >= 4 is 5.84 Å². The summed E-state index contributed by atoms with van der Waals surface area (Å²) in [5.74, 6) is 3.53. The molecule has 0 aliphatic carbocycles. The molecular formula is C27H43N3O. The average molecular weight is 426 g/mol. The zero-order valence-electron chi connectivity index (χ0n) is 20.2. The standard InChI is InChI=1S/C27H43N3O/c1-6-9-11-26(31-5)23(4)25-15-18-29(19-16-25)22-24-13-20-30(21-14-24)27(12-10-7-2)28-17-8-3/h6,8-12,17,24-25H,1,7,13-16,18-22H2,2-5H3/b11-9-,12-10+,17-8-,26-23-,28-27-. The molecule has 0 bridgehead atoms. The Morgan fingerprint density at radius 2 is 1.81 bits per heavy atom. The van der Waals surface area contributed by atoms with E-state index in [1.807, 2.05) is 31.4 Å². The number of ether oxygens (including phenoxy) is 1. The van der Waals surface area contributed by atoms with Crippen molar-refractivity contribution in [1.82, 2.24) is 9.80 Å². The number of methoxy groups -OCH3 is 1. The van der Waals surface area contributed by atoms with E-state index < -0.39 is 0 Å². The number of rotatable bonds is 9. The molecule has 0 aromatic heterocycles. The summed E-state index contributed by atoms with van der Waals surface area (Å²) in [5, 5.41) is 0. The highest BCUT2D eigenvalue weighted by molar-refractivity contribution is 5.93. The summed E-state index contributed by atoms with van der Waals surface area (Å²) in [5.41, 5.74) is 1.38. The second-order valence-corrected chi connectivity index (χ2v) is 8.63. The van der Waals surface area contributed by atoms with Gasteiger partial charge in [-0.25, -0.2) is 4.99 Å². The lowest BCUT2D eigenvalue weighted by Gasteiger charge is -2.38. The van der Waals surface area contributed by atoms with Gasteiger partial charge >= 0.3 is 0 Å². The molecule has 31 heavy (non-hydrogen) atoms. The van der Waals surface area contributed by atoms with E-state index in [9.17, 15) is 0 Å². The molecule has 2 saturated heterocycles. The highest BCUT2D eigenvalue weighted by Crippen LogP contribution is 2.29. The molecule has 0 unspecified atom stereocenters. The lowest BCUT2D eigenvalue weighted by Crippen LogP contribution is -2.43. The van der Waals surface area contributed by atoms with E-state index in [1.54, 1.807) is 13.2 Å². The maximum atomic E-state index is 5.60. The Morgan fingerprint density at radius 1 is 1.10 bits per heavy atom. The highest BCUT2D eigenvalue weighted by atomic mass is 16.5. The molecule has 172 valence electrons. The summed E-state index contributed by atoms with van der Waals surface area (Å²) in [6, 6.07) is 0. The first-order chi connectivity index (χ1) is 15.1. The zero-order valence-corrected chi connectivity index (χ0v) is 20.2. The largest absolute Gasteiger partial charge is 0.497 e. The van der Waals surface area contributed by atoms with Crippen LogP contribution in [0.3, 0.4) is 0 Å². The summed E-state index contributed by atoms with van der Waals surface area (Å²) < 4.78 is 5.60. The van der Waals surface area contributed by atoms with Gasteiger partial charge in [0, 0.05) is 25.8 Å². The Balaban J connectivity index is 1.82. The Morgan fingerprint density at radius 3 is 2.39 bits per heavy atom. The van der Waals surface area contributed by atoms with Gasteiger partial charge in [0.05, 0.1) is 7.11 Å². The Bertz CT molecular complexity index is 665. The molecule has 2 aliphatic heterocycles. The van der Waals surface area contributed by atoms with Gasteiger partial charge in [-0.3, -0.25) is 0 Å². The normalized spacial score (nSPS) is 21.4. The molecule has 4 nitrogen and oxygen atoms in total. The Kier molecular flexibility index (Phi) is 11.4. The maximum absolute atomic E-state index is 5.60. The number of hydrogen-bond donors (Lipinski definition) is 0. The quantitative estimate of drug-likeness (QED) is 0.197. The van der Waals surface area contributed by atoms with Crippen molar-refractivity contribution in [2.45, 2.75) is 52.9 Å². The van der Waals surface area contributed by atoms with Crippen LogP contribution in [0, 0.1) is 11.8 Å². The van der Waals surface area contributed by atoms with Gasteiger partial charge < -0.3 is 14.5 Å². The van der Waals surface area contributed by atoms with E-state index in [2.05, 4.69) is 47.4 Å². The molecule has 0 N–H and O–H groups in total. The molecular weight excluding hydrogens is 382 g/mol. The fourth-order valence-corrected chi connectivity index (χ4v) is 4.58. The van der Waals surface area contributed by atoms with Gasteiger partial charge in [-0.1, -0.05) is 37.8 Å². The fraction of sp³-hybridized carbons (Fsp3) is 0.593. The van der Waals surface area contributed by atoms with Crippen LogP contribution < -0.4 is 0 Å². The number of likely N-dealkylation sites (tertiary alicyclic amines) is 2. The lowest BCUT2D eigenvalue weighted by atomic mass is 9.88. The summed E-state index contributed by atoms with van der Waals surface area (Å²) >= 11 is 0. The number of allylic oxidation sites excluding steroid dienone is 6. The first-order valence-electron chi connectivity index (χ1n) is 12.0. The van der Waals surface area contributed by atoms with Crippen molar-refractivity contribution in [2.75, 3.05) is 39.8 Å². The van der Waals surface area contributed by atoms with E-state index in [1.165, 1.54) is 50.9 Å². The second-order valence-electron chi connectivity index (χ2n) is 8.63. The van der Waals surface area contributed by atoms with E-state index in [0.29, 0.717) is 5.92 Å². The molecule has 0 radical (unpaired) electrons. The molecule has 4 heteroatoms. The third-order valence-electron chi connectivity index (χ3n) is 6.51. The van der Waals surface area contributed by atoms with Crippen LogP contribution >= 0.6 is 0 Å². The van der Waals surface area contributed by atoms with E-state index >= 15 is 0 Å². The lowest BCUT2D eigenvalue weighted by molar-refractivity contribution is 0.142. The summed E-state index contributed by atoms with van der Waals surface area (Å²) in [6.45, 7) is 16.0. The van der Waals surface area contributed by atoms with Gasteiger partial charge in [-0.15, -0.1) is 0 Å². The van der Waals surface area contributed by atoms with Crippen LogP contribution in [-0.4, -0.2) is 55.5 Å². The molecule has 2 heterocycles. The van der Waals surface area contributed by atoms with Crippen molar-refractivity contribution in [3.63, 3.8) is 0 Å². The Labute approximate surface area is 190 Å². The van der Waals surface area contributed by atoms with Gasteiger partial charge in [0.25, 0.3) is 0 Å². The first-order valence-corrected chi connectivity index (χ1v) is 12.0.